The van der Waals surface area contributed by atoms with Gasteiger partial charge in [0.2, 0.25) is 0 Å². The highest BCUT2D eigenvalue weighted by molar-refractivity contribution is 7.85. The molecule has 2 aliphatic rings. The summed E-state index contributed by atoms with van der Waals surface area (Å²) in [5.41, 5.74) is 5.58. The van der Waals surface area contributed by atoms with Crippen molar-refractivity contribution in [3.05, 3.63) is 0 Å². The molecule has 11 heteroatoms. The van der Waals surface area contributed by atoms with Gasteiger partial charge in [-0.25, -0.2) is 4.79 Å². The summed E-state index contributed by atoms with van der Waals surface area (Å²) in [7, 11) is -3.54. The van der Waals surface area contributed by atoms with Gasteiger partial charge in [-0.2, -0.15) is 13.4 Å². The van der Waals surface area contributed by atoms with Gasteiger partial charge < -0.3 is 20.5 Å². The lowest BCUT2D eigenvalue weighted by molar-refractivity contribution is 0.0556. The fourth-order valence-electron chi connectivity index (χ4n) is 3.44. The number of hydrogen-bond donors (Lipinski definition) is 2. The molecule has 2 atom stereocenters. The first-order valence-corrected chi connectivity index (χ1v) is 11.7. The molecule has 0 aromatic heterocycles. The van der Waals surface area contributed by atoms with Crippen LogP contribution in [0.15, 0.2) is 4.99 Å². The lowest BCUT2D eigenvalue weighted by Gasteiger charge is -2.31. The number of rotatable bonds is 7. The molecule has 2 saturated heterocycles. The zero-order valence-electron chi connectivity index (χ0n) is 17.7. The van der Waals surface area contributed by atoms with Crippen molar-refractivity contribution in [1.29, 1.82) is 0 Å². The molecule has 3 N–H and O–H groups in total. The molecule has 0 aromatic carbocycles. The zero-order chi connectivity index (χ0) is 21.7. The van der Waals surface area contributed by atoms with E-state index in [0.717, 1.165) is 38.6 Å². The summed E-state index contributed by atoms with van der Waals surface area (Å²) in [6, 6.07) is -0.297. The summed E-state index contributed by atoms with van der Waals surface area (Å²) < 4.78 is 38.2. The van der Waals surface area contributed by atoms with E-state index in [-0.39, 0.29) is 25.2 Å². The Kier molecular flexibility index (Phi) is 8.41. The van der Waals surface area contributed by atoms with Crippen molar-refractivity contribution in [2.45, 2.75) is 57.8 Å². The van der Waals surface area contributed by atoms with Crippen molar-refractivity contribution in [3.8, 4) is 0 Å². The summed E-state index contributed by atoms with van der Waals surface area (Å²) in [5, 5.41) is 3.34. The average molecular weight is 435 g/mol. The molecule has 0 aromatic rings. The Balaban J connectivity index is 2.07. The molecule has 2 aliphatic heterocycles. The van der Waals surface area contributed by atoms with E-state index >= 15 is 0 Å². The maximum atomic E-state index is 12.1. The molecule has 29 heavy (non-hydrogen) atoms. The van der Waals surface area contributed by atoms with Gasteiger partial charge in [0.1, 0.15) is 18.2 Å². The van der Waals surface area contributed by atoms with Crippen LogP contribution in [0.25, 0.3) is 0 Å². The molecular weight excluding hydrogens is 400 g/mol. The third kappa shape index (κ3) is 8.95. The van der Waals surface area contributed by atoms with Crippen LogP contribution in [-0.2, 0) is 23.8 Å². The number of hydrogen-bond acceptors (Lipinski definition) is 8. The van der Waals surface area contributed by atoms with Crippen LogP contribution in [0.5, 0.6) is 0 Å². The summed E-state index contributed by atoms with van der Waals surface area (Å²) in [4.78, 5) is 18.1. The van der Waals surface area contributed by atoms with Crippen LogP contribution in [0.4, 0.5) is 4.79 Å². The monoisotopic (exact) mass is 434 g/mol. The Morgan fingerprint density at radius 3 is 2.59 bits per heavy atom. The van der Waals surface area contributed by atoms with E-state index in [1.54, 1.807) is 20.8 Å². The SMILES string of the molecule is CC(C)(C)OC(=O)N=C(N)C(CC1CCNCC1)N1COC(COS(C)(=O)=O)C1. The molecule has 168 valence electrons. The highest BCUT2D eigenvalue weighted by Gasteiger charge is 2.34. The Bertz CT molecular complexity index is 685. The summed E-state index contributed by atoms with van der Waals surface area (Å²) in [6.45, 7) is 7.84. The zero-order valence-corrected chi connectivity index (χ0v) is 18.5. The number of aliphatic imine (C=N–C) groups is 1. The smallest absolute Gasteiger partial charge is 0.435 e. The number of nitrogens with two attached hydrogens (primary N) is 1. The second-order valence-electron chi connectivity index (χ2n) is 8.64. The summed E-state index contributed by atoms with van der Waals surface area (Å²) in [5.74, 6) is 0.631. The lowest BCUT2D eigenvalue weighted by atomic mass is 9.90. The minimum atomic E-state index is -3.54. The third-order valence-corrected chi connectivity index (χ3v) is 5.36. The van der Waals surface area contributed by atoms with Crippen molar-refractivity contribution >= 4 is 22.0 Å². The van der Waals surface area contributed by atoms with E-state index in [2.05, 4.69) is 10.3 Å². The van der Waals surface area contributed by atoms with Gasteiger partial charge >= 0.3 is 6.09 Å². The van der Waals surface area contributed by atoms with Crippen molar-refractivity contribution in [2.75, 3.05) is 39.2 Å². The van der Waals surface area contributed by atoms with Crippen LogP contribution in [0.2, 0.25) is 0 Å². The van der Waals surface area contributed by atoms with Gasteiger partial charge in [-0.15, -0.1) is 0 Å². The van der Waals surface area contributed by atoms with Gasteiger partial charge in [0.15, 0.2) is 0 Å². The number of ether oxygens (including phenoxy) is 2. The average Bonchev–Trinajstić information content (AvgIpc) is 3.05. The largest absolute Gasteiger partial charge is 0.442 e. The van der Waals surface area contributed by atoms with Crippen LogP contribution in [0.1, 0.15) is 40.0 Å². The van der Waals surface area contributed by atoms with Crippen LogP contribution >= 0.6 is 0 Å². The summed E-state index contributed by atoms with van der Waals surface area (Å²) in [6.07, 6.45) is 2.67. The Morgan fingerprint density at radius 2 is 2.00 bits per heavy atom. The van der Waals surface area contributed by atoms with Gasteiger partial charge in [-0.3, -0.25) is 9.08 Å². The first-order valence-electron chi connectivity index (χ1n) is 9.91. The maximum absolute atomic E-state index is 12.1. The molecule has 10 nitrogen and oxygen atoms in total. The van der Waals surface area contributed by atoms with Crippen molar-refractivity contribution in [1.82, 2.24) is 10.2 Å². The normalized spacial score (nSPS) is 23.9. The third-order valence-electron chi connectivity index (χ3n) is 4.79. The second kappa shape index (κ2) is 10.2. The number of carbonyl (C=O) groups is 1. The fraction of sp³-hybridized carbons (Fsp3) is 0.889. The molecule has 2 fully saturated rings. The Morgan fingerprint density at radius 1 is 1.34 bits per heavy atom. The van der Waals surface area contributed by atoms with E-state index < -0.39 is 27.9 Å². The van der Waals surface area contributed by atoms with E-state index in [0.29, 0.717) is 12.5 Å². The van der Waals surface area contributed by atoms with E-state index in [4.69, 9.17) is 19.4 Å². The minimum absolute atomic E-state index is 0.0570. The topological polar surface area (TPSA) is 133 Å². The van der Waals surface area contributed by atoms with Crippen LogP contribution in [0.3, 0.4) is 0 Å². The Labute approximate surface area is 173 Å². The van der Waals surface area contributed by atoms with Gasteiger partial charge in [-0.1, -0.05) is 0 Å². The number of amidine groups is 1. The van der Waals surface area contributed by atoms with Crippen LogP contribution in [0, 0.1) is 5.92 Å². The highest BCUT2D eigenvalue weighted by Crippen LogP contribution is 2.24. The Hall–Kier alpha value is -1.27. The van der Waals surface area contributed by atoms with Gasteiger partial charge in [0.25, 0.3) is 10.1 Å². The molecule has 2 unspecified atom stereocenters. The number of carbonyl (C=O) groups excluding carboxylic acids is 1. The predicted octanol–water partition coefficient (Wildman–Crippen LogP) is 0.672. The number of amides is 1. The fourth-order valence-corrected chi connectivity index (χ4v) is 3.84. The molecule has 0 bridgehead atoms. The van der Waals surface area contributed by atoms with Crippen molar-refractivity contribution < 1.29 is 26.9 Å². The molecule has 2 heterocycles. The second-order valence-corrected chi connectivity index (χ2v) is 10.3. The molecule has 1 amide bonds. The highest BCUT2D eigenvalue weighted by atomic mass is 32.2. The standard InChI is InChI=1S/C18H34N4O6S/c1-18(2,3)28-17(23)21-16(19)15(9-13-5-7-20-8-6-13)22-10-14(26-12-22)11-27-29(4,24)25/h13-15,20H,5-12H2,1-4H3,(H2,19,21,23). The minimum Gasteiger partial charge on any atom is -0.442 e. The molecular formula is C18H34N4O6S. The lowest BCUT2D eigenvalue weighted by Crippen LogP contribution is -2.47. The number of piperidine rings is 1. The first-order chi connectivity index (χ1) is 13.4. The number of nitrogens with zero attached hydrogens (tertiary/aromatic N) is 2. The molecule has 0 radical (unpaired) electrons. The molecule has 0 spiro atoms. The predicted molar refractivity (Wildman–Crippen MR) is 109 cm³/mol. The van der Waals surface area contributed by atoms with Gasteiger partial charge in [0, 0.05) is 6.54 Å². The number of nitrogens with one attached hydrogen (secondary N) is 1. The molecule has 2 rings (SSSR count). The maximum Gasteiger partial charge on any atom is 0.435 e. The van der Waals surface area contributed by atoms with Crippen molar-refractivity contribution in [3.63, 3.8) is 0 Å². The van der Waals surface area contributed by atoms with Crippen LogP contribution in [-0.4, -0.2) is 82.2 Å². The summed E-state index contributed by atoms with van der Waals surface area (Å²) >= 11 is 0. The van der Waals surface area contributed by atoms with Crippen molar-refractivity contribution in [2.24, 2.45) is 16.6 Å². The molecule has 0 saturated carbocycles. The quantitative estimate of drug-likeness (QED) is 0.337. The first kappa shape index (κ1) is 24.0. The van der Waals surface area contributed by atoms with Crippen LogP contribution < -0.4 is 11.1 Å². The van der Waals surface area contributed by atoms with E-state index in [1.807, 2.05) is 4.90 Å². The molecule has 0 aliphatic carbocycles. The van der Waals surface area contributed by atoms with E-state index in [1.165, 1.54) is 0 Å². The van der Waals surface area contributed by atoms with Gasteiger partial charge in [0.05, 0.1) is 25.0 Å². The van der Waals surface area contributed by atoms with Gasteiger partial charge in [-0.05, 0) is 59.0 Å². The van der Waals surface area contributed by atoms with E-state index in [9.17, 15) is 13.2 Å².